The van der Waals surface area contributed by atoms with E-state index in [9.17, 15) is 0 Å². The predicted molar refractivity (Wildman–Crippen MR) is 75.1 cm³/mol. The Morgan fingerprint density at radius 1 is 1.11 bits per heavy atom. The Balaban J connectivity index is 2.19. The van der Waals surface area contributed by atoms with Crippen LogP contribution in [0.3, 0.4) is 0 Å². The van der Waals surface area contributed by atoms with Gasteiger partial charge in [-0.15, -0.1) is 0 Å². The van der Waals surface area contributed by atoms with Gasteiger partial charge in [0.05, 0.1) is 5.52 Å². The lowest BCUT2D eigenvalue weighted by Crippen LogP contribution is -2.24. The third-order valence-corrected chi connectivity index (χ3v) is 3.61. The monoisotopic (exact) mass is 241 g/mol. The molecule has 3 rings (SSSR count). The predicted octanol–water partition coefficient (Wildman–Crippen LogP) is 3.35. The van der Waals surface area contributed by atoms with Crippen LogP contribution in [0.15, 0.2) is 24.3 Å². The van der Waals surface area contributed by atoms with E-state index in [1.54, 1.807) is 0 Å². The van der Waals surface area contributed by atoms with E-state index >= 15 is 0 Å². The van der Waals surface area contributed by atoms with E-state index < -0.39 is 0 Å². The third-order valence-electron chi connectivity index (χ3n) is 3.61. The van der Waals surface area contributed by atoms with E-state index in [4.69, 9.17) is 9.97 Å². The van der Waals surface area contributed by atoms with Crippen LogP contribution in [0.25, 0.3) is 10.9 Å². The maximum absolute atomic E-state index is 4.82. The molecule has 1 aromatic carbocycles. The molecule has 94 valence electrons. The molecule has 1 saturated carbocycles. The van der Waals surface area contributed by atoms with Gasteiger partial charge in [0.2, 0.25) is 0 Å². The Morgan fingerprint density at radius 3 is 2.50 bits per heavy atom. The highest BCUT2D eigenvalue weighted by atomic mass is 15.2. The van der Waals surface area contributed by atoms with Crippen molar-refractivity contribution < 1.29 is 0 Å². The van der Waals surface area contributed by atoms with Crippen LogP contribution in [-0.2, 0) is 0 Å². The number of para-hydroxylation sites is 1. The highest BCUT2D eigenvalue weighted by molar-refractivity contribution is 5.89. The number of rotatable bonds is 4. The zero-order valence-corrected chi connectivity index (χ0v) is 11.1. The number of hydrogen-bond acceptors (Lipinski definition) is 3. The van der Waals surface area contributed by atoms with Gasteiger partial charge in [0, 0.05) is 24.4 Å². The number of anilines is 1. The van der Waals surface area contributed by atoms with Crippen molar-refractivity contribution in [2.45, 2.75) is 32.6 Å². The van der Waals surface area contributed by atoms with Crippen LogP contribution < -0.4 is 4.90 Å². The Morgan fingerprint density at radius 2 is 1.83 bits per heavy atom. The van der Waals surface area contributed by atoms with Crippen LogP contribution in [0.4, 0.5) is 5.82 Å². The van der Waals surface area contributed by atoms with Gasteiger partial charge < -0.3 is 4.90 Å². The first-order valence-corrected chi connectivity index (χ1v) is 6.85. The van der Waals surface area contributed by atoms with Gasteiger partial charge in [-0.2, -0.15) is 0 Å². The lowest BCUT2D eigenvalue weighted by molar-refractivity contribution is 0.831. The standard InChI is InChI=1S/C15H19N3/c1-3-18(4-2)15-12-7-5-6-8-13(12)16-14(17-15)11-9-10-11/h5-8,11H,3-4,9-10H2,1-2H3. The average molecular weight is 241 g/mol. The molecule has 0 unspecified atom stereocenters. The summed E-state index contributed by atoms with van der Waals surface area (Å²) < 4.78 is 0. The zero-order valence-electron chi connectivity index (χ0n) is 11.1. The minimum Gasteiger partial charge on any atom is -0.357 e. The van der Waals surface area contributed by atoms with Crippen LogP contribution in [0.2, 0.25) is 0 Å². The van der Waals surface area contributed by atoms with Crippen LogP contribution in [0.5, 0.6) is 0 Å². The smallest absolute Gasteiger partial charge is 0.140 e. The minimum absolute atomic E-state index is 0.601. The van der Waals surface area contributed by atoms with Crippen molar-refractivity contribution >= 4 is 16.7 Å². The Bertz CT molecular complexity index is 557. The number of benzene rings is 1. The highest BCUT2D eigenvalue weighted by Crippen LogP contribution is 2.39. The molecule has 18 heavy (non-hydrogen) atoms. The molecule has 0 radical (unpaired) electrons. The molecule has 3 heteroatoms. The molecule has 2 aromatic rings. The summed E-state index contributed by atoms with van der Waals surface area (Å²) in [6.07, 6.45) is 2.49. The molecule has 0 aliphatic heterocycles. The molecule has 0 bridgehead atoms. The van der Waals surface area contributed by atoms with Crippen molar-refractivity contribution in [2.24, 2.45) is 0 Å². The lowest BCUT2D eigenvalue weighted by Gasteiger charge is -2.22. The van der Waals surface area contributed by atoms with Gasteiger partial charge in [0.25, 0.3) is 0 Å². The lowest BCUT2D eigenvalue weighted by atomic mass is 10.2. The van der Waals surface area contributed by atoms with Crippen LogP contribution >= 0.6 is 0 Å². The molecular formula is C15H19N3. The average Bonchev–Trinajstić information content (AvgIpc) is 3.24. The number of hydrogen-bond donors (Lipinski definition) is 0. The van der Waals surface area contributed by atoms with Crippen molar-refractivity contribution in [3.8, 4) is 0 Å². The topological polar surface area (TPSA) is 29.0 Å². The molecule has 1 heterocycles. The quantitative estimate of drug-likeness (QED) is 0.822. The fourth-order valence-electron chi connectivity index (χ4n) is 2.37. The van der Waals surface area contributed by atoms with Crippen molar-refractivity contribution in [3.05, 3.63) is 30.1 Å². The van der Waals surface area contributed by atoms with Gasteiger partial charge in [-0.05, 0) is 38.8 Å². The van der Waals surface area contributed by atoms with Crippen molar-refractivity contribution in [2.75, 3.05) is 18.0 Å². The van der Waals surface area contributed by atoms with Gasteiger partial charge in [-0.25, -0.2) is 9.97 Å². The summed E-state index contributed by atoms with van der Waals surface area (Å²) in [5.74, 6) is 2.74. The molecule has 1 aliphatic carbocycles. The second-order valence-electron chi connectivity index (χ2n) is 4.87. The van der Waals surface area contributed by atoms with E-state index in [-0.39, 0.29) is 0 Å². The van der Waals surface area contributed by atoms with Crippen LogP contribution in [0, 0.1) is 0 Å². The molecule has 0 spiro atoms. The number of aromatic nitrogens is 2. The van der Waals surface area contributed by atoms with Crippen LogP contribution in [-0.4, -0.2) is 23.1 Å². The van der Waals surface area contributed by atoms with Crippen molar-refractivity contribution in [1.82, 2.24) is 9.97 Å². The Hall–Kier alpha value is -1.64. The van der Waals surface area contributed by atoms with Gasteiger partial charge >= 0.3 is 0 Å². The first kappa shape index (κ1) is 11.5. The first-order chi connectivity index (χ1) is 8.83. The van der Waals surface area contributed by atoms with Crippen molar-refractivity contribution in [1.29, 1.82) is 0 Å². The molecule has 0 N–H and O–H groups in total. The summed E-state index contributed by atoms with van der Waals surface area (Å²) in [5, 5.41) is 1.17. The summed E-state index contributed by atoms with van der Waals surface area (Å²) in [6, 6.07) is 8.34. The highest BCUT2D eigenvalue weighted by Gasteiger charge is 2.28. The molecule has 1 aliphatic rings. The summed E-state index contributed by atoms with van der Waals surface area (Å²) in [7, 11) is 0. The maximum atomic E-state index is 4.82. The number of nitrogens with zero attached hydrogens (tertiary/aromatic N) is 3. The van der Waals surface area contributed by atoms with E-state index in [0.717, 1.165) is 30.2 Å². The summed E-state index contributed by atoms with van der Waals surface area (Å²) in [6.45, 7) is 6.33. The van der Waals surface area contributed by atoms with E-state index in [0.29, 0.717) is 5.92 Å². The number of fused-ring (bicyclic) bond motifs is 1. The maximum Gasteiger partial charge on any atom is 0.140 e. The Kier molecular flexibility index (Phi) is 2.90. The molecular weight excluding hydrogens is 222 g/mol. The molecule has 0 amide bonds. The fourth-order valence-corrected chi connectivity index (χ4v) is 2.37. The normalized spacial score (nSPS) is 15.0. The van der Waals surface area contributed by atoms with Crippen molar-refractivity contribution in [3.63, 3.8) is 0 Å². The zero-order chi connectivity index (χ0) is 12.5. The third kappa shape index (κ3) is 1.94. The molecule has 0 saturated heterocycles. The largest absolute Gasteiger partial charge is 0.357 e. The van der Waals surface area contributed by atoms with Gasteiger partial charge in [-0.3, -0.25) is 0 Å². The minimum atomic E-state index is 0.601. The second kappa shape index (κ2) is 4.56. The molecule has 1 fully saturated rings. The summed E-state index contributed by atoms with van der Waals surface area (Å²) in [5.41, 5.74) is 1.08. The summed E-state index contributed by atoms with van der Waals surface area (Å²) >= 11 is 0. The molecule has 1 aromatic heterocycles. The summed E-state index contributed by atoms with van der Waals surface area (Å²) in [4.78, 5) is 11.8. The molecule has 0 atom stereocenters. The van der Waals surface area contributed by atoms with Crippen LogP contribution in [0.1, 0.15) is 38.4 Å². The Labute approximate surface area is 108 Å². The second-order valence-corrected chi connectivity index (χ2v) is 4.87. The molecule has 3 nitrogen and oxygen atoms in total. The first-order valence-electron chi connectivity index (χ1n) is 6.85. The van der Waals surface area contributed by atoms with E-state index in [1.807, 2.05) is 0 Å². The SMILES string of the molecule is CCN(CC)c1nc(C2CC2)nc2ccccc12. The fraction of sp³-hybridized carbons (Fsp3) is 0.467. The van der Waals surface area contributed by atoms with E-state index in [2.05, 4.69) is 43.0 Å². The van der Waals surface area contributed by atoms with Gasteiger partial charge in [-0.1, -0.05) is 12.1 Å². The van der Waals surface area contributed by atoms with E-state index in [1.165, 1.54) is 18.2 Å². The van der Waals surface area contributed by atoms with Gasteiger partial charge in [0.1, 0.15) is 11.6 Å². The van der Waals surface area contributed by atoms with Gasteiger partial charge in [0.15, 0.2) is 0 Å².